The number of benzene rings is 2. The van der Waals surface area contributed by atoms with E-state index in [1.165, 1.54) is 24.3 Å². The first-order valence-corrected chi connectivity index (χ1v) is 9.02. The molecule has 0 aliphatic carbocycles. The Morgan fingerprint density at radius 3 is 2.31 bits per heavy atom. The smallest absolute Gasteiger partial charge is 0.269 e. The van der Waals surface area contributed by atoms with Crippen molar-refractivity contribution in [3.63, 3.8) is 0 Å². The first-order chi connectivity index (χ1) is 13.8. The minimum Gasteiger partial charge on any atom is -0.354 e. The fourth-order valence-electron chi connectivity index (χ4n) is 2.88. The van der Waals surface area contributed by atoms with Crippen LogP contribution in [-0.4, -0.2) is 47.9 Å². The number of hydrogen-bond acceptors (Lipinski definition) is 4. The lowest BCUT2D eigenvalue weighted by atomic mass is 10.1. The summed E-state index contributed by atoms with van der Waals surface area (Å²) < 4.78 is 13.3. The summed E-state index contributed by atoms with van der Waals surface area (Å²) in [6.45, 7) is 1.16. The molecule has 150 valence electrons. The van der Waals surface area contributed by atoms with E-state index in [1.807, 2.05) is 19.0 Å². The first kappa shape index (κ1) is 20.2. The van der Waals surface area contributed by atoms with Crippen LogP contribution >= 0.6 is 0 Å². The van der Waals surface area contributed by atoms with E-state index >= 15 is 0 Å². The average Bonchev–Trinajstić information content (AvgIpc) is 3.14. The van der Waals surface area contributed by atoms with Crippen molar-refractivity contribution in [1.82, 2.24) is 15.2 Å². The Hall–Kier alpha value is -3.52. The van der Waals surface area contributed by atoms with Gasteiger partial charge in [0.05, 0.1) is 16.2 Å². The highest BCUT2D eigenvalue weighted by Crippen LogP contribution is 2.30. The molecule has 1 aromatic heterocycles. The van der Waals surface area contributed by atoms with Crippen molar-refractivity contribution < 1.29 is 14.1 Å². The molecule has 0 aliphatic heterocycles. The summed E-state index contributed by atoms with van der Waals surface area (Å²) in [5.41, 5.74) is 2.94. The highest BCUT2D eigenvalue weighted by molar-refractivity contribution is 6.01. The lowest BCUT2D eigenvalue weighted by Crippen LogP contribution is -2.31. The summed E-state index contributed by atoms with van der Waals surface area (Å²) >= 11 is 0. The molecule has 0 saturated heterocycles. The maximum atomic E-state index is 13.3. The summed E-state index contributed by atoms with van der Waals surface area (Å²) in [5, 5.41) is 13.8. The van der Waals surface area contributed by atoms with Crippen LogP contribution in [0.25, 0.3) is 22.5 Å². The molecule has 2 N–H and O–H groups in total. The topological polar surface area (TPSA) is 91.3 Å². The zero-order valence-electron chi connectivity index (χ0n) is 16.1. The zero-order chi connectivity index (χ0) is 21.0. The molecule has 2 aromatic carbocycles. The van der Waals surface area contributed by atoms with Crippen molar-refractivity contribution in [2.24, 2.45) is 0 Å². The number of non-ortho nitro benzene ring substituents is 1. The van der Waals surface area contributed by atoms with E-state index in [9.17, 15) is 19.3 Å². The number of H-pyrrole nitrogens is 1. The van der Waals surface area contributed by atoms with E-state index in [4.69, 9.17) is 0 Å². The van der Waals surface area contributed by atoms with Gasteiger partial charge in [-0.05, 0) is 67.7 Å². The minimum absolute atomic E-state index is 0.0314. The molecular weight excluding hydrogens is 375 g/mol. The standard InChI is InChI=1S/C21H21FN4O3/c1-25(2)12-11-23-21(27)18-13-19(14-3-7-16(22)8-4-14)24-20(18)15-5-9-17(10-6-15)26(28)29/h3-10,13,24H,11-12H2,1-2H3,(H,23,27). The number of aromatic nitrogens is 1. The summed E-state index contributed by atoms with van der Waals surface area (Å²) in [6.07, 6.45) is 0. The van der Waals surface area contributed by atoms with Gasteiger partial charge in [-0.2, -0.15) is 0 Å². The average molecular weight is 396 g/mol. The number of nitro benzene ring substituents is 1. The molecule has 1 amide bonds. The van der Waals surface area contributed by atoms with E-state index in [0.29, 0.717) is 35.6 Å². The van der Waals surface area contributed by atoms with Gasteiger partial charge in [0, 0.05) is 30.9 Å². The molecule has 3 aromatic rings. The Kier molecular flexibility index (Phi) is 6.04. The second kappa shape index (κ2) is 8.66. The van der Waals surface area contributed by atoms with Gasteiger partial charge in [0.2, 0.25) is 0 Å². The number of nitrogens with zero attached hydrogens (tertiary/aromatic N) is 2. The van der Waals surface area contributed by atoms with Crippen LogP contribution in [0.15, 0.2) is 54.6 Å². The van der Waals surface area contributed by atoms with Crippen molar-refractivity contribution >= 4 is 11.6 Å². The van der Waals surface area contributed by atoms with Crippen molar-refractivity contribution in [2.75, 3.05) is 27.2 Å². The van der Waals surface area contributed by atoms with Gasteiger partial charge in [0.1, 0.15) is 5.82 Å². The normalized spacial score (nSPS) is 10.9. The SMILES string of the molecule is CN(C)CCNC(=O)c1cc(-c2ccc(F)cc2)[nH]c1-c1ccc([N+](=O)[O-])cc1. The highest BCUT2D eigenvalue weighted by atomic mass is 19.1. The van der Waals surface area contributed by atoms with Gasteiger partial charge in [-0.25, -0.2) is 4.39 Å². The summed E-state index contributed by atoms with van der Waals surface area (Å²) in [6, 6.07) is 13.6. The van der Waals surface area contributed by atoms with Crippen LogP contribution in [0.5, 0.6) is 0 Å². The second-order valence-electron chi connectivity index (χ2n) is 6.84. The third kappa shape index (κ3) is 4.85. The molecule has 0 fully saturated rings. The number of hydrogen-bond donors (Lipinski definition) is 2. The lowest BCUT2D eigenvalue weighted by molar-refractivity contribution is -0.384. The number of aromatic amines is 1. The van der Waals surface area contributed by atoms with Crippen molar-refractivity contribution in [2.45, 2.75) is 0 Å². The highest BCUT2D eigenvalue weighted by Gasteiger charge is 2.18. The molecule has 29 heavy (non-hydrogen) atoms. The Balaban J connectivity index is 1.98. The van der Waals surface area contributed by atoms with E-state index in [0.717, 1.165) is 5.56 Å². The molecular formula is C21H21FN4O3. The monoisotopic (exact) mass is 396 g/mol. The third-order valence-corrected chi connectivity index (χ3v) is 4.43. The summed E-state index contributed by atoms with van der Waals surface area (Å²) in [5.74, 6) is -0.609. The summed E-state index contributed by atoms with van der Waals surface area (Å²) in [7, 11) is 3.83. The number of amides is 1. The molecule has 7 nitrogen and oxygen atoms in total. The van der Waals surface area contributed by atoms with Gasteiger partial charge in [0.25, 0.3) is 11.6 Å². The fourth-order valence-corrected chi connectivity index (χ4v) is 2.88. The molecule has 0 unspecified atom stereocenters. The van der Waals surface area contributed by atoms with Gasteiger partial charge in [-0.3, -0.25) is 14.9 Å². The van der Waals surface area contributed by atoms with Crippen LogP contribution in [0, 0.1) is 15.9 Å². The Morgan fingerprint density at radius 1 is 1.10 bits per heavy atom. The molecule has 0 spiro atoms. The van der Waals surface area contributed by atoms with Crippen LogP contribution in [0.1, 0.15) is 10.4 Å². The van der Waals surface area contributed by atoms with Gasteiger partial charge >= 0.3 is 0 Å². The Bertz CT molecular complexity index is 1010. The second-order valence-corrected chi connectivity index (χ2v) is 6.84. The summed E-state index contributed by atoms with van der Waals surface area (Å²) in [4.78, 5) is 28.4. The lowest BCUT2D eigenvalue weighted by Gasteiger charge is -2.10. The molecule has 0 radical (unpaired) electrons. The van der Waals surface area contributed by atoms with Gasteiger partial charge in [-0.1, -0.05) is 0 Å². The molecule has 0 atom stereocenters. The first-order valence-electron chi connectivity index (χ1n) is 9.02. The van der Waals surface area contributed by atoms with E-state index in [-0.39, 0.29) is 17.4 Å². The number of nitro groups is 1. The van der Waals surface area contributed by atoms with Gasteiger partial charge in [-0.15, -0.1) is 0 Å². The fraction of sp³-hybridized carbons (Fsp3) is 0.190. The number of carbonyl (C=O) groups is 1. The number of rotatable bonds is 7. The van der Waals surface area contributed by atoms with Crippen molar-refractivity contribution in [3.8, 4) is 22.5 Å². The van der Waals surface area contributed by atoms with E-state index in [2.05, 4.69) is 10.3 Å². The predicted molar refractivity (Wildman–Crippen MR) is 109 cm³/mol. The largest absolute Gasteiger partial charge is 0.354 e. The van der Waals surface area contributed by atoms with Crippen LogP contribution < -0.4 is 5.32 Å². The number of carbonyl (C=O) groups excluding carboxylic acids is 1. The zero-order valence-corrected chi connectivity index (χ0v) is 16.1. The number of likely N-dealkylation sites (N-methyl/N-ethyl adjacent to an activating group) is 1. The van der Waals surface area contributed by atoms with Crippen molar-refractivity contribution in [3.05, 3.63) is 76.1 Å². The Morgan fingerprint density at radius 2 is 1.72 bits per heavy atom. The van der Waals surface area contributed by atoms with Crippen LogP contribution in [0.4, 0.5) is 10.1 Å². The maximum absolute atomic E-state index is 13.3. The minimum atomic E-state index is -0.475. The van der Waals surface area contributed by atoms with Crippen LogP contribution in [0.2, 0.25) is 0 Å². The number of halogens is 1. The molecule has 0 saturated carbocycles. The third-order valence-electron chi connectivity index (χ3n) is 4.43. The Labute approximate surface area is 167 Å². The van der Waals surface area contributed by atoms with Gasteiger partial charge in [0.15, 0.2) is 0 Å². The predicted octanol–water partition coefficient (Wildman–Crippen LogP) is 3.69. The van der Waals surface area contributed by atoms with Crippen LogP contribution in [-0.2, 0) is 0 Å². The molecule has 3 rings (SSSR count). The van der Waals surface area contributed by atoms with Gasteiger partial charge < -0.3 is 15.2 Å². The van der Waals surface area contributed by atoms with E-state index in [1.54, 1.807) is 30.3 Å². The quantitative estimate of drug-likeness (QED) is 0.471. The molecule has 0 bridgehead atoms. The molecule has 0 aliphatic rings. The van der Waals surface area contributed by atoms with Crippen molar-refractivity contribution in [1.29, 1.82) is 0 Å². The van der Waals surface area contributed by atoms with E-state index < -0.39 is 4.92 Å². The number of nitrogens with one attached hydrogen (secondary N) is 2. The van der Waals surface area contributed by atoms with Crippen LogP contribution in [0.3, 0.4) is 0 Å². The molecule has 1 heterocycles. The molecule has 8 heteroatoms. The maximum Gasteiger partial charge on any atom is 0.269 e.